The Balaban J connectivity index is 0.000000817. The Kier molecular flexibility index (Phi) is 7.78. The van der Waals surface area contributed by atoms with Crippen molar-refractivity contribution in [2.45, 2.75) is 20.8 Å². The summed E-state index contributed by atoms with van der Waals surface area (Å²) >= 11 is 8.04. The van der Waals surface area contributed by atoms with Gasteiger partial charge in [-0.2, -0.15) is 0 Å². The van der Waals surface area contributed by atoms with Crippen LogP contribution in [0.2, 0.25) is 5.02 Å². The first-order valence-electron chi connectivity index (χ1n) is 8.62. The molecular weight excluding hydrogens is 376 g/mol. The highest BCUT2D eigenvalue weighted by molar-refractivity contribution is 8.13. The van der Waals surface area contributed by atoms with Gasteiger partial charge in [-0.05, 0) is 58.8 Å². The molecule has 0 saturated carbocycles. The van der Waals surface area contributed by atoms with Crippen LogP contribution in [0.5, 0.6) is 0 Å². The van der Waals surface area contributed by atoms with Gasteiger partial charge in [0.25, 0.3) is 0 Å². The molecule has 1 N–H and O–H groups in total. The summed E-state index contributed by atoms with van der Waals surface area (Å²) in [6.45, 7) is 6.07. The lowest BCUT2D eigenvalue weighted by atomic mass is 10.0. The molecule has 0 atom stereocenters. The molecule has 0 radical (unpaired) electrons. The topological polar surface area (TPSA) is 49.6 Å². The quantitative estimate of drug-likeness (QED) is 0.695. The SMILES string of the molecule is CNC.CSC1=Nc2cc(C)ncc2C(c2ccccc2Cl)=NC1=C(C)C. The van der Waals surface area contributed by atoms with Crippen molar-refractivity contribution in [2.75, 3.05) is 20.4 Å². The normalized spacial score (nSPS) is 12.9. The Morgan fingerprint density at radius 3 is 2.33 bits per heavy atom. The number of aromatic nitrogens is 1. The number of halogens is 1. The molecule has 142 valence electrons. The number of nitrogens with one attached hydrogen (secondary N) is 1. The van der Waals surface area contributed by atoms with E-state index in [1.165, 1.54) is 0 Å². The number of rotatable bonds is 1. The molecule has 0 amide bonds. The average molecular weight is 401 g/mol. The van der Waals surface area contributed by atoms with E-state index < -0.39 is 0 Å². The van der Waals surface area contributed by atoms with Gasteiger partial charge in [0, 0.05) is 28.0 Å². The van der Waals surface area contributed by atoms with Crippen LogP contribution in [0.1, 0.15) is 30.7 Å². The molecule has 0 fully saturated rings. The smallest absolute Gasteiger partial charge is 0.122 e. The number of hydrogen-bond donors (Lipinski definition) is 1. The zero-order valence-corrected chi connectivity index (χ0v) is 18.2. The molecule has 2 aromatic rings. The highest BCUT2D eigenvalue weighted by Crippen LogP contribution is 2.33. The molecule has 0 bridgehead atoms. The number of fused-ring (bicyclic) bond motifs is 1. The van der Waals surface area contributed by atoms with Crippen molar-refractivity contribution in [3.8, 4) is 0 Å². The fourth-order valence-corrected chi connectivity index (χ4v) is 3.39. The lowest BCUT2D eigenvalue weighted by Crippen LogP contribution is -2.06. The Bertz CT molecular complexity index is 912. The zero-order chi connectivity index (χ0) is 20.0. The van der Waals surface area contributed by atoms with Gasteiger partial charge in [-0.25, -0.2) is 9.98 Å². The fraction of sp³-hybridized carbons (Fsp3) is 0.286. The number of hydrogen-bond acceptors (Lipinski definition) is 5. The minimum atomic E-state index is 0.670. The molecule has 6 heteroatoms. The summed E-state index contributed by atoms with van der Waals surface area (Å²) in [7, 11) is 3.75. The second kappa shape index (κ2) is 9.83. The summed E-state index contributed by atoms with van der Waals surface area (Å²) in [4.78, 5) is 14.2. The fourth-order valence-electron chi connectivity index (χ4n) is 2.53. The number of pyridine rings is 1. The van der Waals surface area contributed by atoms with Gasteiger partial charge in [-0.15, -0.1) is 11.8 Å². The van der Waals surface area contributed by atoms with E-state index in [0.717, 1.165) is 44.5 Å². The number of benzene rings is 1. The molecule has 0 unspecified atom stereocenters. The predicted octanol–water partition coefficient (Wildman–Crippen LogP) is 5.42. The molecule has 0 aliphatic carbocycles. The van der Waals surface area contributed by atoms with Crippen LogP contribution in [0.4, 0.5) is 5.69 Å². The molecule has 1 aliphatic heterocycles. The van der Waals surface area contributed by atoms with Crippen LogP contribution in [0.3, 0.4) is 0 Å². The van der Waals surface area contributed by atoms with Gasteiger partial charge in [0.05, 0.1) is 17.1 Å². The third kappa shape index (κ3) is 5.06. The standard InChI is InChI=1S/C19H18ClN3S.C2H7N/c1-11(2)17-19(24-4)22-16-9-12(3)21-10-14(16)18(23-17)13-7-5-6-8-15(13)20;1-3-2/h5-10H,1-4H3;3H,1-2H3. The average Bonchev–Trinajstić information content (AvgIpc) is 2.79. The molecule has 1 aromatic carbocycles. The maximum Gasteiger partial charge on any atom is 0.122 e. The van der Waals surface area contributed by atoms with Crippen LogP contribution in [0.15, 0.2) is 57.8 Å². The first-order chi connectivity index (χ1) is 12.9. The first-order valence-corrected chi connectivity index (χ1v) is 10.2. The minimum absolute atomic E-state index is 0.670. The van der Waals surface area contributed by atoms with Crippen LogP contribution in [0.25, 0.3) is 0 Å². The Morgan fingerprint density at radius 2 is 1.74 bits per heavy atom. The minimum Gasteiger partial charge on any atom is -0.323 e. The van der Waals surface area contributed by atoms with E-state index in [1.807, 2.05) is 77.7 Å². The first kappa shape index (κ1) is 21.4. The van der Waals surface area contributed by atoms with Gasteiger partial charge in [0.2, 0.25) is 0 Å². The van der Waals surface area contributed by atoms with Crippen molar-refractivity contribution in [2.24, 2.45) is 9.98 Å². The number of nitrogens with zero attached hydrogens (tertiary/aromatic N) is 3. The van der Waals surface area contributed by atoms with Crippen molar-refractivity contribution in [3.05, 3.63) is 69.6 Å². The predicted molar refractivity (Wildman–Crippen MR) is 120 cm³/mol. The summed E-state index contributed by atoms with van der Waals surface area (Å²) in [5.41, 5.74) is 6.42. The maximum absolute atomic E-state index is 6.45. The molecule has 3 rings (SSSR count). The molecule has 1 aliphatic rings. The molecule has 0 spiro atoms. The van der Waals surface area contributed by atoms with Crippen molar-refractivity contribution < 1.29 is 0 Å². The van der Waals surface area contributed by atoms with Gasteiger partial charge >= 0.3 is 0 Å². The second-order valence-electron chi connectivity index (χ2n) is 6.25. The molecule has 4 nitrogen and oxygen atoms in total. The van der Waals surface area contributed by atoms with Gasteiger partial charge in [-0.1, -0.05) is 29.8 Å². The highest BCUT2D eigenvalue weighted by atomic mass is 35.5. The van der Waals surface area contributed by atoms with Crippen LogP contribution >= 0.6 is 23.4 Å². The van der Waals surface area contributed by atoms with E-state index in [9.17, 15) is 0 Å². The van der Waals surface area contributed by atoms with Crippen LogP contribution < -0.4 is 5.32 Å². The van der Waals surface area contributed by atoms with Crippen molar-refractivity contribution in [3.63, 3.8) is 0 Å². The van der Waals surface area contributed by atoms with Crippen molar-refractivity contribution >= 4 is 39.8 Å². The number of allylic oxidation sites excluding steroid dienone is 1. The van der Waals surface area contributed by atoms with E-state index in [1.54, 1.807) is 11.8 Å². The summed E-state index contributed by atoms with van der Waals surface area (Å²) in [5, 5.41) is 4.33. The lowest BCUT2D eigenvalue weighted by molar-refractivity contribution is 1.02. The number of aliphatic imine (C=N–C) groups is 2. The van der Waals surface area contributed by atoms with E-state index >= 15 is 0 Å². The highest BCUT2D eigenvalue weighted by Gasteiger charge is 2.21. The van der Waals surface area contributed by atoms with Crippen LogP contribution in [-0.2, 0) is 0 Å². The van der Waals surface area contributed by atoms with Gasteiger partial charge in [0.15, 0.2) is 0 Å². The summed E-state index contributed by atoms with van der Waals surface area (Å²) in [5.74, 6) is 0. The second-order valence-corrected chi connectivity index (χ2v) is 7.45. The van der Waals surface area contributed by atoms with E-state index in [2.05, 4.69) is 10.3 Å². The van der Waals surface area contributed by atoms with Crippen LogP contribution in [-0.4, -0.2) is 36.1 Å². The van der Waals surface area contributed by atoms with E-state index in [0.29, 0.717) is 5.02 Å². The number of thioether (sulfide) groups is 1. The van der Waals surface area contributed by atoms with E-state index in [4.69, 9.17) is 21.6 Å². The van der Waals surface area contributed by atoms with Crippen molar-refractivity contribution in [1.82, 2.24) is 10.3 Å². The molecule has 1 aromatic heterocycles. The summed E-state index contributed by atoms with van der Waals surface area (Å²) in [6.07, 6.45) is 3.85. The Morgan fingerprint density at radius 1 is 1.07 bits per heavy atom. The number of aryl methyl sites for hydroxylation is 1. The lowest BCUT2D eigenvalue weighted by Gasteiger charge is -2.10. The zero-order valence-electron chi connectivity index (χ0n) is 16.6. The van der Waals surface area contributed by atoms with Crippen LogP contribution in [0, 0.1) is 6.92 Å². The summed E-state index contributed by atoms with van der Waals surface area (Å²) < 4.78 is 0. The third-order valence-corrected chi connectivity index (χ3v) is 4.72. The molecule has 2 heterocycles. The third-order valence-electron chi connectivity index (χ3n) is 3.72. The molecular formula is C21H25ClN4S. The van der Waals surface area contributed by atoms with Gasteiger partial charge in [-0.3, -0.25) is 4.98 Å². The molecule has 0 saturated heterocycles. The Hall–Kier alpha value is -1.95. The van der Waals surface area contributed by atoms with Gasteiger partial charge in [0.1, 0.15) is 5.04 Å². The largest absolute Gasteiger partial charge is 0.323 e. The maximum atomic E-state index is 6.45. The van der Waals surface area contributed by atoms with Crippen molar-refractivity contribution in [1.29, 1.82) is 0 Å². The molecule has 27 heavy (non-hydrogen) atoms. The summed E-state index contributed by atoms with van der Waals surface area (Å²) in [6, 6.07) is 9.74. The monoisotopic (exact) mass is 400 g/mol. The Labute approximate surface area is 170 Å². The van der Waals surface area contributed by atoms with E-state index in [-0.39, 0.29) is 0 Å². The van der Waals surface area contributed by atoms with Gasteiger partial charge < -0.3 is 5.32 Å².